The van der Waals surface area contributed by atoms with E-state index in [1.165, 1.54) is 19.6 Å². The number of carbonyl (C=O) groups excluding carboxylic acids is 1. The minimum atomic E-state index is -1.35. The van der Waals surface area contributed by atoms with Crippen molar-refractivity contribution in [3.63, 3.8) is 0 Å². The van der Waals surface area contributed by atoms with E-state index in [4.69, 9.17) is 23.2 Å². The first-order valence-electron chi connectivity index (χ1n) is 5.33. The van der Waals surface area contributed by atoms with Crippen LogP contribution in [-0.4, -0.2) is 30.0 Å². The van der Waals surface area contributed by atoms with Gasteiger partial charge < -0.3 is 14.8 Å². The number of nitrogens with zero attached hydrogens (tertiary/aromatic N) is 1. The number of nitrogens with one attached hydrogen (secondary N) is 1. The highest BCUT2D eigenvalue weighted by Gasteiger charge is 2.09. The maximum Gasteiger partial charge on any atom is 0.162 e. The highest BCUT2D eigenvalue weighted by atomic mass is 35.5. The molecule has 98 valence electrons. The van der Waals surface area contributed by atoms with Crippen LogP contribution in [-0.2, 0) is 0 Å². The van der Waals surface area contributed by atoms with Crippen molar-refractivity contribution in [2.24, 2.45) is 0 Å². The van der Waals surface area contributed by atoms with Gasteiger partial charge in [0.2, 0.25) is 0 Å². The summed E-state index contributed by atoms with van der Waals surface area (Å²) in [6.45, 7) is 10.5. The first kappa shape index (κ1) is 16.6. The van der Waals surface area contributed by atoms with Crippen LogP contribution in [0.1, 0.15) is 30.4 Å². The summed E-state index contributed by atoms with van der Waals surface area (Å²) in [6, 6.07) is 0. The van der Waals surface area contributed by atoms with E-state index in [0.717, 1.165) is 0 Å². The molecule has 0 bridgehead atoms. The van der Waals surface area contributed by atoms with Crippen molar-refractivity contribution in [1.29, 1.82) is 0 Å². The zero-order chi connectivity index (χ0) is 13.4. The van der Waals surface area contributed by atoms with E-state index in [2.05, 4.69) is 25.1 Å². The van der Waals surface area contributed by atoms with Crippen LogP contribution in [0.4, 0.5) is 0 Å². The summed E-state index contributed by atoms with van der Waals surface area (Å²) in [5.41, 5.74) is 0. The van der Waals surface area contributed by atoms with Crippen LogP contribution in [0.15, 0.2) is 0 Å². The molecule has 1 N–H and O–H groups in total. The van der Waals surface area contributed by atoms with Gasteiger partial charge in [0.05, 0.1) is 35.5 Å². The highest BCUT2D eigenvalue weighted by Crippen LogP contribution is 2.27. The lowest BCUT2D eigenvalue weighted by Gasteiger charge is -2.10. The average Bonchev–Trinajstić information content (AvgIpc) is 2.63. The monoisotopic (exact) mass is 298 g/mol. The first-order chi connectivity index (χ1) is 7.97. The summed E-state index contributed by atoms with van der Waals surface area (Å²) in [5.74, 6) is -1.35. The third-order valence-corrected chi connectivity index (χ3v) is 4.06. The molecule has 0 unspecified atom stereocenters. The van der Waals surface area contributed by atoms with E-state index >= 15 is 0 Å². The van der Waals surface area contributed by atoms with Gasteiger partial charge in [-0.1, -0.05) is 23.2 Å². The number of carboxylic acid groups (broad SMARTS) is 1. The van der Waals surface area contributed by atoms with Crippen molar-refractivity contribution in [3.05, 3.63) is 15.1 Å². The molecule has 1 rings (SSSR count). The van der Waals surface area contributed by atoms with E-state index in [1.807, 2.05) is 0 Å². The number of carbonyl (C=O) groups is 1. The second-order valence-electron chi connectivity index (χ2n) is 3.21. The number of hydrogen-bond donors (Lipinski definition) is 1. The molecule has 4 nitrogen and oxygen atoms in total. The van der Waals surface area contributed by atoms with Gasteiger partial charge in [0.15, 0.2) is 5.15 Å². The molecule has 0 amide bonds. The fourth-order valence-corrected chi connectivity index (χ4v) is 2.18. The van der Waals surface area contributed by atoms with E-state index in [-0.39, 0.29) is 15.1 Å². The molecule has 0 saturated heterocycles. The van der Waals surface area contributed by atoms with Crippen LogP contribution in [0.3, 0.4) is 0 Å². The molecule has 0 saturated carbocycles. The Labute approximate surface area is 115 Å². The summed E-state index contributed by atoms with van der Waals surface area (Å²) in [4.78, 5) is 11.7. The third kappa shape index (κ3) is 5.68. The number of aromatic carboxylic acids is 1. The van der Waals surface area contributed by atoms with Crippen molar-refractivity contribution < 1.29 is 14.8 Å². The molecule has 0 aliphatic rings. The summed E-state index contributed by atoms with van der Waals surface area (Å²) in [6.07, 6.45) is 0. The van der Waals surface area contributed by atoms with Gasteiger partial charge in [0.25, 0.3) is 0 Å². The lowest BCUT2D eigenvalue weighted by atomic mass is 10.5. The number of hydrogen-bond acceptors (Lipinski definition) is 4. The molecule has 1 heterocycles. The Morgan fingerprint density at radius 1 is 1.29 bits per heavy atom. The van der Waals surface area contributed by atoms with Gasteiger partial charge in [0, 0.05) is 0 Å². The molecule has 0 aliphatic heterocycles. The summed E-state index contributed by atoms with van der Waals surface area (Å²) in [7, 11) is 0. The van der Waals surface area contributed by atoms with Gasteiger partial charge in [-0.3, -0.25) is 0 Å². The fourth-order valence-electron chi connectivity index (χ4n) is 1.14. The Morgan fingerprint density at radius 2 is 1.76 bits per heavy atom. The van der Waals surface area contributed by atoms with E-state index in [9.17, 15) is 9.90 Å². The van der Waals surface area contributed by atoms with Gasteiger partial charge >= 0.3 is 0 Å². The lowest BCUT2D eigenvalue weighted by Crippen LogP contribution is -3.11. The van der Waals surface area contributed by atoms with Crippen LogP contribution in [0.2, 0.25) is 10.2 Å². The van der Waals surface area contributed by atoms with Gasteiger partial charge in [-0.25, -0.2) is 0 Å². The molecular weight excluding hydrogens is 283 g/mol. The first-order valence-corrected chi connectivity index (χ1v) is 6.86. The summed E-state index contributed by atoms with van der Waals surface area (Å²) in [5, 5.41) is 10.1. The minimum absolute atomic E-state index is 0.00543. The summed E-state index contributed by atoms with van der Waals surface area (Å²) >= 11 is 11.5. The van der Waals surface area contributed by atoms with Crippen LogP contribution in [0, 0.1) is 0 Å². The molecule has 1 aromatic heterocycles. The van der Waals surface area contributed by atoms with Crippen LogP contribution in [0.25, 0.3) is 0 Å². The van der Waals surface area contributed by atoms with Gasteiger partial charge in [-0.05, 0) is 32.3 Å². The Bertz CT molecular complexity index is 349. The van der Waals surface area contributed by atoms with E-state index in [0.29, 0.717) is 11.5 Å². The number of rotatable bonds is 4. The Hall–Kier alpha value is -0.360. The molecule has 0 fully saturated rings. The molecule has 0 radical (unpaired) electrons. The van der Waals surface area contributed by atoms with Crippen molar-refractivity contribution in [1.82, 2.24) is 4.37 Å². The van der Waals surface area contributed by atoms with Crippen molar-refractivity contribution in [2.75, 3.05) is 19.6 Å². The zero-order valence-corrected chi connectivity index (χ0v) is 12.4. The largest absolute Gasteiger partial charge is 0.544 e. The second-order valence-corrected chi connectivity index (χ2v) is 4.72. The second kappa shape index (κ2) is 8.69. The predicted molar refractivity (Wildman–Crippen MR) is 69.1 cm³/mol. The lowest BCUT2D eigenvalue weighted by molar-refractivity contribution is -0.894. The van der Waals surface area contributed by atoms with E-state index in [1.54, 1.807) is 4.90 Å². The molecule has 0 spiro atoms. The number of quaternary nitrogens is 1. The molecule has 7 heteroatoms. The normalized spacial score (nSPS) is 10.0. The Balaban J connectivity index is 0.000000325. The van der Waals surface area contributed by atoms with Crippen LogP contribution < -0.4 is 10.0 Å². The van der Waals surface area contributed by atoms with Crippen LogP contribution in [0.5, 0.6) is 0 Å². The topological polar surface area (TPSA) is 57.5 Å². The Morgan fingerprint density at radius 3 is 1.88 bits per heavy atom. The van der Waals surface area contributed by atoms with Crippen LogP contribution >= 0.6 is 34.7 Å². The quantitative estimate of drug-likeness (QED) is 0.892. The molecule has 17 heavy (non-hydrogen) atoms. The predicted octanol–water partition coefficient (Wildman–Crippen LogP) is 0.744. The molecule has 0 aromatic carbocycles. The van der Waals surface area contributed by atoms with Gasteiger partial charge in [-0.15, -0.1) is 0 Å². The number of halogens is 2. The maximum absolute atomic E-state index is 10.2. The summed E-state index contributed by atoms with van der Waals surface area (Å²) < 4.78 is 3.49. The maximum atomic E-state index is 10.2. The minimum Gasteiger partial charge on any atom is -0.544 e. The molecule has 1 aromatic rings. The van der Waals surface area contributed by atoms with Crippen molar-refractivity contribution in [3.8, 4) is 0 Å². The van der Waals surface area contributed by atoms with Crippen molar-refractivity contribution >= 4 is 40.7 Å². The molecule has 0 aliphatic carbocycles. The standard InChI is InChI=1S/C6H15N.C4HCl2NO2S/c1-4-7(5-2)6-3;5-1-2(4(8)9)10-7-3(1)6/h4-6H2,1-3H3;(H,8,9). The highest BCUT2D eigenvalue weighted by molar-refractivity contribution is 7.09. The number of carboxylic acids is 1. The van der Waals surface area contributed by atoms with Gasteiger partial charge in [0.1, 0.15) is 0 Å². The van der Waals surface area contributed by atoms with E-state index < -0.39 is 5.97 Å². The fraction of sp³-hybridized carbons (Fsp3) is 0.600. The average molecular weight is 299 g/mol. The zero-order valence-electron chi connectivity index (χ0n) is 10.0. The third-order valence-electron chi connectivity index (χ3n) is 2.28. The smallest absolute Gasteiger partial charge is 0.162 e. The molecular formula is C10H16Cl2N2O2S. The molecule has 0 atom stereocenters. The van der Waals surface area contributed by atoms with Crippen molar-refractivity contribution in [2.45, 2.75) is 20.8 Å². The Kier molecular flexibility index (Phi) is 8.51. The van der Waals surface area contributed by atoms with Gasteiger partial charge in [-0.2, -0.15) is 4.37 Å². The SMILES string of the molecule is CC[NH+](CC)CC.O=C([O-])c1snc(Cl)c1Cl. The number of aromatic nitrogens is 1.